The van der Waals surface area contributed by atoms with Crippen LogP contribution in [-0.2, 0) is 39.6 Å². The van der Waals surface area contributed by atoms with Crippen molar-refractivity contribution >= 4 is 32.9 Å². The molecule has 1 aromatic heterocycles. The van der Waals surface area contributed by atoms with Gasteiger partial charge in [0, 0.05) is 25.6 Å². The predicted octanol–water partition coefficient (Wildman–Crippen LogP) is 1.39. The molecular formula is C25H30N4O7S. The van der Waals surface area contributed by atoms with E-state index in [0.717, 1.165) is 5.56 Å². The smallest absolute Gasteiger partial charge is 0.329 e. The minimum Gasteiger partial charge on any atom is -0.497 e. The van der Waals surface area contributed by atoms with Crippen LogP contribution in [0, 0.1) is 0 Å². The number of nitrogens with one attached hydrogen (secondary N) is 2. The molecule has 2 amide bonds. The average molecular weight is 531 g/mol. The molecule has 12 heteroatoms. The standard InChI is InChI=1S/C25H30N4O7S/c1-28-21-13-16(6-8-19(21)29(25(28)32)20-9-11-23(30)27-24(20)31)5-4-12-37(33,34)26-15-17-14-18(35-2)7-10-22(17)36-3/h6-8,10,13-14,20,26H,4-5,9,11-12,15H2,1-3H3,(H,27,30,31). The summed E-state index contributed by atoms with van der Waals surface area (Å²) in [5.41, 5.74) is 2.41. The molecule has 4 rings (SSSR count). The number of ether oxygens (including phenoxy) is 2. The van der Waals surface area contributed by atoms with Gasteiger partial charge >= 0.3 is 5.69 Å². The summed E-state index contributed by atoms with van der Waals surface area (Å²) >= 11 is 0. The number of hydrogen-bond donors (Lipinski definition) is 2. The normalized spacial score (nSPS) is 16.1. The lowest BCUT2D eigenvalue weighted by Crippen LogP contribution is -2.44. The fourth-order valence-corrected chi connectivity index (χ4v) is 5.58. The van der Waals surface area contributed by atoms with Crippen molar-refractivity contribution in [2.45, 2.75) is 38.3 Å². The van der Waals surface area contributed by atoms with Crippen LogP contribution in [0.25, 0.3) is 11.0 Å². The Hall–Kier alpha value is -3.64. The summed E-state index contributed by atoms with van der Waals surface area (Å²) in [5, 5.41) is 2.29. The number of methoxy groups -OCH3 is 2. The highest BCUT2D eigenvalue weighted by molar-refractivity contribution is 7.89. The van der Waals surface area contributed by atoms with Gasteiger partial charge in [-0.2, -0.15) is 0 Å². The highest BCUT2D eigenvalue weighted by atomic mass is 32.2. The maximum atomic E-state index is 12.9. The Morgan fingerprint density at radius 2 is 1.84 bits per heavy atom. The summed E-state index contributed by atoms with van der Waals surface area (Å²) in [4.78, 5) is 36.8. The first-order valence-corrected chi connectivity index (χ1v) is 13.5. The Labute approximate surface area is 214 Å². The summed E-state index contributed by atoms with van der Waals surface area (Å²) in [5.74, 6) is 0.258. The summed E-state index contributed by atoms with van der Waals surface area (Å²) in [7, 11) is 1.13. The zero-order valence-electron chi connectivity index (χ0n) is 20.9. The lowest BCUT2D eigenvalue weighted by atomic mass is 10.1. The molecule has 1 aliphatic heterocycles. The summed E-state index contributed by atoms with van der Waals surface area (Å²) < 4.78 is 41.2. The average Bonchev–Trinajstić information content (AvgIpc) is 3.12. The van der Waals surface area contributed by atoms with Gasteiger partial charge in [0.15, 0.2) is 0 Å². The number of benzene rings is 2. The van der Waals surface area contributed by atoms with Crippen LogP contribution in [-0.4, -0.2) is 49.3 Å². The van der Waals surface area contributed by atoms with Crippen molar-refractivity contribution in [3.05, 3.63) is 58.0 Å². The summed E-state index contributed by atoms with van der Waals surface area (Å²) in [6.07, 6.45) is 1.29. The number of hydrogen-bond acceptors (Lipinski definition) is 7. The fourth-order valence-electron chi connectivity index (χ4n) is 4.54. The molecule has 0 spiro atoms. The van der Waals surface area contributed by atoms with Gasteiger partial charge in [0.05, 0.1) is 31.0 Å². The van der Waals surface area contributed by atoms with Crippen molar-refractivity contribution in [1.29, 1.82) is 0 Å². The van der Waals surface area contributed by atoms with E-state index < -0.39 is 22.0 Å². The van der Waals surface area contributed by atoms with Gasteiger partial charge in [-0.1, -0.05) is 6.07 Å². The van der Waals surface area contributed by atoms with Crippen molar-refractivity contribution in [2.24, 2.45) is 7.05 Å². The number of carbonyl (C=O) groups excluding carboxylic acids is 2. The van der Waals surface area contributed by atoms with E-state index in [4.69, 9.17) is 9.47 Å². The zero-order chi connectivity index (χ0) is 26.7. The van der Waals surface area contributed by atoms with E-state index in [0.29, 0.717) is 40.9 Å². The lowest BCUT2D eigenvalue weighted by Gasteiger charge is -2.21. The van der Waals surface area contributed by atoms with E-state index in [1.54, 1.807) is 31.3 Å². The van der Waals surface area contributed by atoms with Crippen LogP contribution >= 0.6 is 0 Å². The second kappa shape index (κ2) is 10.8. The van der Waals surface area contributed by atoms with Gasteiger partial charge in [0.25, 0.3) is 0 Å². The van der Waals surface area contributed by atoms with E-state index in [9.17, 15) is 22.8 Å². The molecule has 198 valence electrons. The maximum absolute atomic E-state index is 12.9. The van der Waals surface area contributed by atoms with Crippen molar-refractivity contribution in [2.75, 3.05) is 20.0 Å². The van der Waals surface area contributed by atoms with Gasteiger partial charge in [0.1, 0.15) is 17.5 Å². The van der Waals surface area contributed by atoms with Crippen molar-refractivity contribution < 1.29 is 27.5 Å². The van der Waals surface area contributed by atoms with Crippen LogP contribution in [0.1, 0.15) is 36.4 Å². The zero-order valence-corrected chi connectivity index (χ0v) is 21.8. The Bertz CT molecular complexity index is 1510. The SMILES string of the molecule is COc1ccc(OC)c(CNS(=O)(=O)CCCc2ccc3c(c2)n(C)c(=O)n3C2CCC(=O)NC2=O)c1. The number of amides is 2. The molecule has 2 aromatic carbocycles. The first-order valence-electron chi connectivity index (χ1n) is 11.9. The number of aryl methyl sites for hydroxylation is 2. The van der Waals surface area contributed by atoms with Crippen LogP contribution in [0.5, 0.6) is 11.5 Å². The largest absolute Gasteiger partial charge is 0.497 e. The van der Waals surface area contributed by atoms with Gasteiger partial charge < -0.3 is 9.47 Å². The molecule has 2 N–H and O–H groups in total. The second-order valence-electron chi connectivity index (χ2n) is 8.92. The first-order chi connectivity index (χ1) is 17.6. The molecule has 1 saturated heterocycles. The Morgan fingerprint density at radius 3 is 2.54 bits per heavy atom. The first kappa shape index (κ1) is 26.4. The van der Waals surface area contributed by atoms with Crippen molar-refractivity contribution in [3.8, 4) is 11.5 Å². The summed E-state index contributed by atoms with van der Waals surface area (Å²) in [6.45, 7) is 0.0740. The molecule has 37 heavy (non-hydrogen) atoms. The molecule has 1 aliphatic rings. The third-order valence-electron chi connectivity index (χ3n) is 6.52. The third kappa shape index (κ3) is 5.70. The number of imide groups is 1. The van der Waals surface area contributed by atoms with E-state index in [1.165, 1.54) is 23.4 Å². The molecule has 0 saturated carbocycles. The molecule has 3 aromatic rings. The third-order valence-corrected chi connectivity index (χ3v) is 7.93. The topological polar surface area (TPSA) is 138 Å². The molecule has 0 bridgehead atoms. The second-order valence-corrected chi connectivity index (χ2v) is 10.8. The minimum absolute atomic E-state index is 0.0740. The van der Waals surface area contributed by atoms with E-state index >= 15 is 0 Å². The Morgan fingerprint density at radius 1 is 1.05 bits per heavy atom. The van der Waals surface area contributed by atoms with Gasteiger partial charge in [-0.3, -0.25) is 24.0 Å². The van der Waals surface area contributed by atoms with Crippen LogP contribution in [0.15, 0.2) is 41.2 Å². The Kier molecular flexibility index (Phi) is 7.69. The van der Waals surface area contributed by atoms with Crippen LogP contribution in [0.4, 0.5) is 0 Å². The van der Waals surface area contributed by atoms with Gasteiger partial charge in [-0.05, 0) is 55.2 Å². The predicted molar refractivity (Wildman–Crippen MR) is 137 cm³/mol. The fraction of sp³-hybridized carbons (Fsp3) is 0.400. The summed E-state index contributed by atoms with van der Waals surface area (Å²) in [6, 6.07) is 9.85. The van der Waals surface area contributed by atoms with Crippen LogP contribution in [0.2, 0.25) is 0 Å². The minimum atomic E-state index is -3.55. The van der Waals surface area contributed by atoms with Crippen molar-refractivity contribution in [3.63, 3.8) is 0 Å². The van der Waals surface area contributed by atoms with E-state index in [-0.39, 0.29) is 36.7 Å². The van der Waals surface area contributed by atoms with E-state index in [2.05, 4.69) is 10.0 Å². The molecular weight excluding hydrogens is 500 g/mol. The monoisotopic (exact) mass is 530 g/mol. The molecule has 2 heterocycles. The van der Waals surface area contributed by atoms with Gasteiger partial charge in [-0.15, -0.1) is 0 Å². The highest BCUT2D eigenvalue weighted by Crippen LogP contribution is 2.25. The Balaban J connectivity index is 1.42. The number of nitrogens with zero attached hydrogens (tertiary/aromatic N) is 2. The molecule has 0 aliphatic carbocycles. The number of aromatic nitrogens is 2. The maximum Gasteiger partial charge on any atom is 0.329 e. The number of sulfonamides is 1. The van der Waals surface area contributed by atoms with Gasteiger partial charge in [0.2, 0.25) is 21.8 Å². The van der Waals surface area contributed by atoms with Crippen LogP contribution in [0.3, 0.4) is 0 Å². The number of fused-ring (bicyclic) bond motifs is 1. The van der Waals surface area contributed by atoms with Crippen LogP contribution < -0.4 is 25.2 Å². The lowest BCUT2D eigenvalue weighted by molar-refractivity contribution is -0.135. The number of rotatable bonds is 10. The van der Waals surface area contributed by atoms with Crippen molar-refractivity contribution in [1.82, 2.24) is 19.2 Å². The molecule has 11 nitrogen and oxygen atoms in total. The quantitative estimate of drug-likeness (QED) is 0.378. The number of imidazole rings is 1. The molecule has 1 fully saturated rings. The highest BCUT2D eigenvalue weighted by Gasteiger charge is 2.31. The number of carbonyl (C=O) groups is 2. The molecule has 1 atom stereocenters. The molecule has 0 radical (unpaired) electrons. The number of piperidine rings is 1. The molecule has 1 unspecified atom stereocenters. The van der Waals surface area contributed by atoms with E-state index in [1.807, 2.05) is 12.1 Å². The van der Waals surface area contributed by atoms with Gasteiger partial charge in [-0.25, -0.2) is 17.9 Å².